The highest BCUT2D eigenvalue weighted by molar-refractivity contribution is 6.30. The number of nitrogens with one attached hydrogen (secondary N) is 2. The number of fused-ring (bicyclic) bond motifs is 1. The zero-order valence-electron chi connectivity index (χ0n) is 16.6. The summed E-state index contributed by atoms with van der Waals surface area (Å²) in [5.74, 6) is 0.729. The maximum atomic E-state index is 13.1. The minimum atomic E-state index is -0.924. The number of hydrogen-bond acceptors (Lipinski definition) is 5. The van der Waals surface area contributed by atoms with Crippen LogP contribution in [0.2, 0.25) is 5.02 Å². The molecule has 1 saturated heterocycles. The third kappa shape index (κ3) is 4.04. The molecule has 156 valence electrons. The quantitative estimate of drug-likeness (QED) is 0.527. The van der Waals surface area contributed by atoms with Crippen LogP contribution in [0, 0.1) is 0 Å². The number of carbonyl (C=O) groups is 1. The number of hydrogen-bond donors (Lipinski definition) is 3. The lowest BCUT2D eigenvalue weighted by molar-refractivity contribution is -0.127. The Bertz CT molecular complexity index is 1040. The molecule has 1 aromatic carbocycles. The fraction of sp³-hybridized carbons (Fsp3) is 0.318. The maximum absolute atomic E-state index is 13.1. The van der Waals surface area contributed by atoms with Crippen molar-refractivity contribution in [2.45, 2.75) is 30.8 Å². The number of benzene rings is 1. The van der Waals surface area contributed by atoms with Crippen molar-refractivity contribution >= 4 is 34.4 Å². The highest BCUT2D eigenvalue weighted by Crippen LogP contribution is 2.29. The van der Waals surface area contributed by atoms with Crippen LogP contribution in [0.25, 0.3) is 11.0 Å². The molecular weight excluding hydrogens is 400 g/mol. The fourth-order valence-electron chi connectivity index (χ4n) is 3.90. The third-order valence-electron chi connectivity index (χ3n) is 5.72. The summed E-state index contributed by atoms with van der Waals surface area (Å²) < 4.78 is 0. The van der Waals surface area contributed by atoms with E-state index in [1.807, 2.05) is 36.5 Å². The smallest absolute Gasteiger partial charge is 0.240 e. The van der Waals surface area contributed by atoms with Gasteiger partial charge in [0, 0.05) is 24.3 Å². The maximum Gasteiger partial charge on any atom is 0.240 e. The molecule has 1 aliphatic rings. The summed E-state index contributed by atoms with van der Waals surface area (Å²) in [6.45, 7) is 5.11. The zero-order valence-corrected chi connectivity index (χ0v) is 17.4. The number of carbonyl (C=O) groups excluding carboxylic acids is 1. The Balaban J connectivity index is 1.45. The molecule has 1 atom stereocenters. The Morgan fingerprint density at radius 3 is 2.73 bits per heavy atom. The summed E-state index contributed by atoms with van der Waals surface area (Å²) in [6, 6.07) is 9.25. The predicted octanol–water partition coefficient (Wildman–Crippen LogP) is 3.34. The molecule has 2 aromatic heterocycles. The van der Waals surface area contributed by atoms with Gasteiger partial charge < -0.3 is 20.9 Å². The first-order valence-electron chi connectivity index (χ1n) is 9.99. The van der Waals surface area contributed by atoms with Crippen LogP contribution < -0.4 is 16.0 Å². The summed E-state index contributed by atoms with van der Waals surface area (Å²) in [7, 11) is 0. The SMILES string of the molecule is C=CC[C@H](NC(=O)C1(N)CCN(c2ncnc3[nH]ccc23)CC1)c1ccc(Cl)cc1. The summed E-state index contributed by atoms with van der Waals surface area (Å²) in [6.07, 6.45) is 6.89. The lowest BCUT2D eigenvalue weighted by Crippen LogP contribution is -2.60. The van der Waals surface area contributed by atoms with Crippen molar-refractivity contribution in [3.8, 4) is 0 Å². The van der Waals surface area contributed by atoms with Crippen molar-refractivity contribution < 1.29 is 4.79 Å². The van der Waals surface area contributed by atoms with E-state index in [4.69, 9.17) is 17.3 Å². The third-order valence-corrected chi connectivity index (χ3v) is 5.97. The second kappa shape index (κ2) is 8.45. The highest BCUT2D eigenvalue weighted by Gasteiger charge is 2.39. The van der Waals surface area contributed by atoms with Gasteiger partial charge in [0.05, 0.1) is 17.0 Å². The molecular formula is C22H25ClN6O. The van der Waals surface area contributed by atoms with Gasteiger partial charge in [-0.3, -0.25) is 4.79 Å². The summed E-state index contributed by atoms with van der Waals surface area (Å²) >= 11 is 5.99. The first-order valence-corrected chi connectivity index (χ1v) is 10.4. The van der Waals surface area contributed by atoms with Gasteiger partial charge in [-0.2, -0.15) is 0 Å². The van der Waals surface area contributed by atoms with Crippen molar-refractivity contribution in [3.63, 3.8) is 0 Å². The molecule has 1 amide bonds. The number of amides is 1. The zero-order chi connectivity index (χ0) is 21.1. The van der Waals surface area contributed by atoms with E-state index in [-0.39, 0.29) is 11.9 Å². The van der Waals surface area contributed by atoms with Crippen molar-refractivity contribution in [3.05, 3.63) is 66.1 Å². The molecule has 8 heteroatoms. The van der Waals surface area contributed by atoms with E-state index in [1.165, 1.54) is 0 Å². The lowest BCUT2D eigenvalue weighted by Gasteiger charge is -2.39. The van der Waals surface area contributed by atoms with Crippen LogP contribution in [0.4, 0.5) is 5.82 Å². The van der Waals surface area contributed by atoms with Crippen LogP contribution >= 0.6 is 11.6 Å². The number of nitrogens with two attached hydrogens (primary N) is 1. The molecule has 4 rings (SSSR count). The molecule has 0 radical (unpaired) electrons. The monoisotopic (exact) mass is 424 g/mol. The van der Waals surface area contributed by atoms with Gasteiger partial charge in [-0.15, -0.1) is 6.58 Å². The van der Waals surface area contributed by atoms with E-state index in [9.17, 15) is 4.79 Å². The lowest BCUT2D eigenvalue weighted by atomic mass is 9.87. The molecule has 0 aliphatic carbocycles. The molecule has 3 heterocycles. The minimum Gasteiger partial charge on any atom is -0.356 e. The molecule has 0 saturated carbocycles. The molecule has 1 fully saturated rings. The first kappa shape index (κ1) is 20.4. The van der Waals surface area contributed by atoms with Gasteiger partial charge in [-0.25, -0.2) is 9.97 Å². The number of rotatable bonds is 6. The largest absolute Gasteiger partial charge is 0.356 e. The van der Waals surface area contributed by atoms with Crippen molar-refractivity contribution in [2.75, 3.05) is 18.0 Å². The summed E-state index contributed by atoms with van der Waals surface area (Å²) in [5, 5.41) is 4.75. The average molecular weight is 425 g/mol. The van der Waals surface area contributed by atoms with E-state index in [1.54, 1.807) is 12.4 Å². The van der Waals surface area contributed by atoms with Crippen molar-refractivity contribution in [2.24, 2.45) is 5.73 Å². The van der Waals surface area contributed by atoms with E-state index >= 15 is 0 Å². The number of H-pyrrole nitrogens is 1. The van der Waals surface area contributed by atoms with Crippen molar-refractivity contribution in [1.82, 2.24) is 20.3 Å². The summed E-state index contributed by atoms with van der Waals surface area (Å²) in [5.41, 5.74) is 7.41. The van der Waals surface area contributed by atoms with Gasteiger partial charge in [-0.1, -0.05) is 29.8 Å². The normalized spacial score (nSPS) is 16.9. The summed E-state index contributed by atoms with van der Waals surface area (Å²) in [4.78, 5) is 27.1. The van der Waals surface area contributed by atoms with Gasteiger partial charge in [0.1, 0.15) is 17.8 Å². The van der Waals surface area contributed by atoms with E-state index in [2.05, 4.69) is 31.7 Å². The molecule has 7 nitrogen and oxygen atoms in total. The van der Waals surface area contributed by atoms with E-state index in [0.717, 1.165) is 22.4 Å². The molecule has 0 bridgehead atoms. The fourth-order valence-corrected chi connectivity index (χ4v) is 4.02. The van der Waals surface area contributed by atoms with Crippen LogP contribution in [-0.4, -0.2) is 39.5 Å². The van der Waals surface area contributed by atoms with Gasteiger partial charge in [-0.05, 0) is 43.0 Å². The predicted molar refractivity (Wildman–Crippen MR) is 119 cm³/mol. The second-order valence-electron chi connectivity index (χ2n) is 7.68. The average Bonchev–Trinajstić information content (AvgIpc) is 3.24. The van der Waals surface area contributed by atoms with Gasteiger partial charge >= 0.3 is 0 Å². The molecule has 3 aromatic rings. The number of anilines is 1. The molecule has 0 spiro atoms. The molecule has 1 aliphatic heterocycles. The molecule has 0 unspecified atom stereocenters. The van der Waals surface area contributed by atoms with Gasteiger partial charge in [0.15, 0.2) is 0 Å². The Hall–Kier alpha value is -2.90. The first-order chi connectivity index (χ1) is 14.5. The Morgan fingerprint density at radius 2 is 2.03 bits per heavy atom. The number of nitrogens with zero attached hydrogens (tertiary/aromatic N) is 3. The van der Waals surface area contributed by atoms with Crippen molar-refractivity contribution in [1.29, 1.82) is 0 Å². The molecule has 30 heavy (non-hydrogen) atoms. The van der Waals surface area contributed by atoms with Crippen LogP contribution in [0.5, 0.6) is 0 Å². The van der Waals surface area contributed by atoms with Gasteiger partial charge in [0.25, 0.3) is 0 Å². The molecule has 4 N–H and O–H groups in total. The second-order valence-corrected chi connectivity index (χ2v) is 8.12. The van der Waals surface area contributed by atoms with Crippen LogP contribution in [0.1, 0.15) is 30.9 Å². The number of aromatic nitrogens is 3. The Kier molecular flexibility index (Phi) is 5.74. The van der Waals surface area contributed by atoms with Crippen LogP contribution in [-0.2, 0) is 4.79 Å². The number of piperidine rings is 1. The highest BCUT2D eigenvalue weighted by atomic mass is 35.5. The standard InChI is InChI=1S/C22H25ClN6O/c1-2-3-18(15-4-6-16(23)7-5-15)28-21(30)22(24)9-12-29(13-10-22)20-17-8-11-25-19(17)26-14-27-20/h2,4-8,11,14,18H,1,3,9-10,12-13,24H2,(H,28,30)(H,25,26,27)/t18-/m0/s1. The Morgan fingerprint density at radius 1 is 1.30 bits per heavy atom. The van der Waals surface area contributed by atoms with Crippen LogP contribution in [0.3, 0.4) is 0 Å². The Labute approximate surface area is 180 Å². The number of aromatic amines is 1. The van der Waals surface area contributed by atoms with Crippen LogP contribution in [0.15, 0.2) is 55.5 Å². The van der Waals surface area contributed by atoms with Gasteiger partial charge in [0.2, 0.25) is 5.91 Å². The number of halogens is 1. The minimum absolute atomic E-state index is 0.140. The topological polar surface area (TPSA) is 99.9 Å². The van der Waals surface area contributed by atoms with E-state index in [0.29, 0.717) is 37.4 Å². The van der Waals surface area contributed by atoms with E-state index < -0.39 is 5.54 Å².